The van der Waals surface area contributed by atoms with Crippen LogP contribution in [0.4, 0.5) is 19.0 Å². The molecule has 2 rings (SSSR count). The van der Waals surface area contributed by atoms with Crippen molar-refractivity contribution in [1.29, 1.82) is 0 Å². The second-order valence-electron chi connectivity index (χ2n) is 3.84. The standard InChI is InChI=1S/C11H9F3N4O3/c12-11(13,14)20-7-4-2-1-3-6(7)5-16-10(19)8-9(15)18-21-17-8/h1-4H,5H2,(H2,15,18)(H,16,19). The number of hydrogen-bond acceptors (Lipinski definition) is 6. The molecule has 0 atom stereocenters. The number of alkyl halides is 3. The van der Waals surface area contributed by atoms with Gasteiger partial charge in [0, 0.05) is 12.1 Å². The molecule has 0 saturated carbocycles. The Kier molecular flexibility index (Phi) is 3.96. The normalized spacial score (nSPS) is 11.2. The van der Waals surface area contributed by atoms with E-state index in [0.717, 1.165) is 6.07 Å². The topological polar surface area (TPSA) is 103 Å². The number of para-hydroxylation sites is 1. The Hall–Kier alpha value is -2.78. The highest BCUT2D eigenvalue weighted by Crippen LogP contribution is 2.26. The Bertz CT molecular complexity index is 642. The van der Waals surface area contributed by atoms with E-state index >= 15 is 0 Å². The second kappa shape index (κ2) is 5.69. The van der Waals surface area contributed by atoms with E-state index in [2.05, 4.69) is 25.0 Å². The van der Waals surface area contributed by atoms with Crippen LogP contribution in [0.25, 0.3) is 0 Å². The number of nitrogens with two attached hydrogens (primary N) is 1. The molecular weight excluding hydrogens is 293 g/mol. The van der Waals surface area contributed by atoms with Crippen LogP contribution in [0.3, 0.4) is 0 Å². The third-order valence-electron chi connectivity index (χ3n) is 2.37. The molecule has 1 heterocycles. The molecule has 0 aliphatic carbocycles. The molecule has 0 unspecified atom stereocenters. The van der Waals surface area contributed by atoms with Crippen LogP contribution in [0.1, 0.15) is 16.1 Å². The van der Waals surface area contributed by atoms with E-state index in [9.17, 15) is 18.0 Å². The fourth-order valence-electron chi connectivity index (χ4n) is 1.49. The van der Waals surface area contributed by atoms with Gasteiger partial charge in [-0.05, 0) is 16.4 Å². The number of benzene rings is 1. The highest BCUT2D eigenvalue weighted by Gasteiger charge is 2.32. The number of amides is 1. The second-order valence-corrected chi connectivity index (χ2v) is 3.84. The molecule has 7 nitrogen and oxygen atoms in total. The highest BCUT2D eigenvalue weighted by molar-refractivity contribution is 5.95. The number of nitrogens with one attached hydrogen (secondary N) is 1. The molecule has 1 amide bonds. The number of nitrogen functional groups attached to an aromatic ring is 1. The third-order valence-corrected chi connectivity index (χ3v) is 2.37. The summed E-state index contributed by atoms with van der Waals surface area (Å²) in [7, 11) is 0. The van der Waals surface area contributed by atoms with Crippen molar-refractivity contribution < 1.29 is 27.3 Å². The van der Waals surface area contributed by atoms with Crippen molar-refractivity contribution in [3.05, 3.63) is 35.5 Å². The van der Waals surface area contributed by atoms with Crippen molar-refractivity contribution >= 4 is 11.7 Å². The molecule has 0 spiro atoms. The van der Waals surface area contributed by atoms with Crippen molar-refractivity contribution in [1.82, 2.24) is 15.6 Å². The Morgan fingerprint density at radius 1 is 1.33 bits per heavy atom. The maximum Gasteiger partial charge on any atom is 0.573 e. The van der Waals surface area contributed by atoms with Gasteiger partial charge in [-0.15, -0.1) is 13.2 Å². The van der Waals surface area contributed by atoms with Crippen molar-refractivity contribution in [2.75, 3.05) is 5.73 Å². The van der Waals surface area contributed by atoms with E-state index in [1.807, 2.05) is 0 Å². The number of carbonyl (C=O) groups excluding carboxylic acids is 1. The molecule has 2 aromatic rings. The third kappa shape index (κ3) is 3.84. The predicted molar refractivity (Wildman–Crippen MR) is 63.0 cm³/mol. The van der Waals surface area contributed by atoms with Crippen LogP contribution in [0, 0.1) is 0 Å². The predicted octanol–water partition coefficient (Wildman–Crippen LogP) is 1.48. The van der Waals surface area contributed by atoms with Crippen molar-refractivity contribution in [2.24, 2.45) is 0 Å². The van der Waals surface area contributed by atoms with Crippen LogP contribution >= 0.6 is 0 Å². The zero-order valence-corrected chi connectivity index (χ0v) is 10.3. The number of rotatable bonds is 4. The van der Waals surface area contributed by atoms with Gasteiger partial charge in [0.2, 0.25) is 11.5 Å². The minimum atomic E-state index is -4.82. The van der Waals surface area contributed by atoms with Crippen LogP contribution in [-0.2, 0) is 6.54 Å². The quantitative estimate of drug-likeness (QED) is 0.886. The van der Waals surface area contributed by atoms with Crippen LogP contribution in [0.5, 0.6) is 5.75 Å². The Morgan fingerprint density at radius 3 is 2.67 bits per heavy atom. The molecule has 1 aromatic heterocycles. The van der Waals surface area contributed by atoms with Crippen molar-refractivity contribution in [3.8, 4) is 5.75 Å². The van der Waals surface area contributed by atoms with E-state index in [1.165, 1.54) is 18.2 Å². The summed E-state index contributed by atoms with van der Waals surface area (Å²) in [6.45, 7) is -0.211. The zero-order valence-electron chi connectivity index (χ0n) is 10.3. The molecule has 0 bridgehead atoms. The summed E-state index contributed by atoms with van der Waals surface area (Å²) < 4.78 is 44.8. The van der Waals surface area contributed by atoms with Gasteiger partial charge in [0.05, 0.1) is 0 Å². The first-order chi connectivity index (χ1) is 9.87. The molecule has 1 aromatic carbocycles. The van der Waals surface area contributed by atoms with Crippen molar-refractivity contribution in [2.45, 2.75) is 12.9 Å². The molecule has 0 radical (unpaired) electrons. The van der Waals surface area contributed by atoms with Gasteiger partial charge in [-0.3, -0.25) is 4.79 Å². The number of ether oxygens (including phenoxy) is 1. The number of nitrogens with zero attached hydrogens (tertiary/aromatic N) is 2. The first kappa shape index (κ1) is 14.6. The maximum absolute atomic E-state index is 12.2. The van der Waals surface area contributed by atoms with Crippen LogP contribution in [0.15, 0.2) is 28.9 Å². The fourth-order valence-corrected chi connectivity index (χ4v) is 1.49. The molecular formula is C11H9F3N4O3. The Balaban J connectivity index is 2.07. The summed E-state index contributed by atoms with van der Waals surface area (Å²) in [5.74, 6) is -1.35. The summed E-state index contributed by atoms with van der Waals surface area (Å²) >= 11 is 0. The van der Waals surface area contributed by atoms with Crippen LogP contribution in [0.2, 0.25) is 0 Å². The minimum Gasteiger partial charge on any atom is -0.405 e. The molecule has 10 heteroatoms. The lowest BCUT2D eigenvalue weighted by Gasteiger charge is -2.13. The van der Waals surface area contributed by atoms with E-state index in [0.29, 0.717) is 0 Å². The number of aromatic nitrogens is 2. The summed E-state index contributed by atoms with van der Waals surface area (Å²) in [5, 5.41) is 8.83. The monoisotopic (exact) mass is 302 g/mol. The molecule has 21 heavy (non-hydrogen) atoms. The Morgan fingerprint density at radius 2 is 2.05 bits per heavy atom. The molecule has 0 aliphatic heterocycles. The van der Waals surface area contributed by atoms with Gasteiger partial charge < -0.3 is 15.8 Å². The van der Waals surface area contributed by atoms with E-state index in [1.54, 1.807) is 0 Å². The van der Waals surface area contributed by atoms with Crippen LogP contribution < -0.4 is 15.8 Å². The minimum absolute atomic E-state index is 0.137. The first-order valence-corrected chi connectivity index (χ1v) is 5.56. The van der Waals surface area contributed by atoms with Crippen molar-refractivity contribution in [3.63, 3.8) is 0 Å². The SMILES string of the molecule is Nc1nonc1C(=O)NCc1ccccc1OC(F)(F)F. The lowest BCUT2D eigenvalue weighted by Crippen LogP contribution is -2.25. The summed E-state index contributed by atoms with van der Waals surface area (Å²) in [5.41, 5.74) is 5.21. The largest absolute Gasteiger partial charge is 0.573 e. The maximum atomic E-state index is 12.2. The van der Waals surface area contributed by atoms with Gasteiger partial charge in [-0.25, -0.2) is 4.63 Å². The highest BCUT2D eigenvalue weighted by atomic mass is 19.4. The smallest absolute Gasteiger partial charge is 0.405 e. The average Bonchev–Trinajstić information content (AvgIpc) is 2.82. The summed E-state index contributed by atoms with van der Waals surface area (Å²) in [4.78, 5) is 11.7. The van der Waals surface area contributed by atoms with E-state index in [-0.39, 0.29) is 23.6 Å². The molecule has 0 saturated heterocycles. The molecule has 112 valence electrons. The Labute approximate surface area is 115 Å². The number of hydrogen-bond donors (Lipinski definition) is 2. The van der Waals surface area contributed by atoms with E-state index < -0.39 is 18.0 Å². The molecule has 0 aliphatic rings. The summed E-state index contributed by atoms with van der Waals surface area (Å²) in [6, 6.07) is 5.41. The van der Waals surface area contributed by atoms with Gasteiger partial charge in [0.1, 0.15) is 5.75 Å². The fraction of sp³-hybridized carbons (Fsp3) is 0.182. The van der Waals surface area contributed by atoms with Gasteiger partial charge in [-0.2, -0.15) is 0 Å². The summed E-state index contributed by atoms with van der Waals surface area (Å²) in [6.07, 6.45) is -4.82. The number of halogens is 3. The van der Waals surface area contributed by atoms with Crippen LogP contribution in [-0.4, -0.2) is 22.6 Å². The van der Waals surface area contributed by atoms with Gasteiger partial charge in [0.15, 0.2) is 0 Å². The average molecular weight is 302 g/mol. The molecule has 0 fully saturated rings. The van der Waals surface area contributed by atoms with E-state index in [4.69, 9.17) is 5.73 Å². The zero-order chi connectivity index (χ0) is 15.5. The lowest BCUT2D eigenvalue weighted by molar-refractivity contribution is -0.274. The van der Waals surface area contributed by atoms with Gasteiger partial charge in [-0.1, -0.05) is 18.2 Å². The lowest BCUT2D eigenvalue weighted by atomic mass is 10.2. The first-order valence-electron chi connectivity index (χ1n) is 5.56. The van der Waals surface area contributed by atoms with Gasteiger partial charge in [0.25, 0.3) is 5.91 Å². The van der Waals surface area contributed by atoms with Gasteiger partial charge >= 0.3 is 6.36 Å². The number of carbonyl (C=O) groups is 1. The molecule has 3 N–H and O–H groups in total. The number of anilines is 1.